The van der Waals surface area contributed by atoms with Crippen molar-refractivity contribution in [1.82, 2.24) is 5.32 Å². The molecule has 114 valence electrons. The first-order valence-corrected chi connectivity index (χ1v) is 7.31. The molecular weight excluding hydrogens is 344 g/mol. The Labute approximate surface area is 130 Å². The minimum Gasteiger partial charge on any atom is -0.453 e. The number of halogens is 3. The van der Waals surface area contributed by atoms with Gasteiger partial charge in [-0.15, -0.1) is 0 Å². The van der Waals surface area contributed by atoms with Crippen molar-refractivity contribution in [2.45, 2.75) is 32.5 Å². The number of furan rings is 1. The second kappa shape index (κ2) is 7.04. The molecule has 0 aliphatic heterocycles. The topological polar surface area (TPSA) is 34.4 Å². The number of hydrogen-bond donors (Lipinski definition) is 1. The van der Waals surface area contributed by atoms with Crippen molar-refractivity contribution in [3.63, 3.8) is 0 Å². The highest BCUT2D eigenvalue weighted by Gasteiger charge is 2.15. The lowest BCUT2D eigenvalue weighted by molar-refractivity contribution is -0.0499. The summed E-state index contributed by atoms with van der Waals surface area (Å²) in [4.78, 5) is 0. The molecular formula is C15H16BrF2NO2. The van der Waals surface area contributed by atoms with Crippen LogP contribution in [-0.4, -0.2) is 6.61 Å². The molecule has 1 N–H and O–H groups in total. The minimum absolute atomic E-state index is 0.00836. The summed E-state index contributed by atoms with van der Waals surface area (Å²) in [6, 6.07) is 10.3. The van der Waals surface area contributed by atoms with E-state index in [0.717, 1.165) is 11.3 Å². The van der Waals surface area contributed by atoms with Crippen LogP contribution < -0.4 is 10.1 Å². The molecule has 0 spiro atoms. The van der Waals surface area contributed by atoms with E-state index in [-0.39, 0.29) is 17.8 Å². The Kier molecular flexibility index (Phi) is 5.36. The summed E-state index contributed by atoms with van der Waals surface area (Å²) in [6.07, 6.45) is 0. The summed E-state index contributed by atoms with van der Waals surface area (Å²) < 4.78 is 35.0. The zero-order valence-corrected chi connectivity index (χ0v) is 13.2. The summed E-state index contributed by atoms with van der Waals surface area (Å²) in [6.45, 7) is 1.11. The van der Waals surface area contributed by atoms with Crippen LogP contribution in [0, 0.1) is 0 Å². The highest BCUT2D eigenvalue weighted by molar-refractivity contribution is 9.10. The second-order valence-electron chi connectivity index (χ2n) is 4.70. The Balaban J connectivity index is 2.04. The van der Waals surface area contributed by atoms with Crippen molar-refractivity contribution in [1.29, 1.82) is 0 Å². The van der Waals surface area contributed by atoms with Gasteiger partial charge in [-0.3, -0.25) is 0 Å². The van der Waals surface area contributed by atoms with E-state index in [4.69, 9.17) is 4.42 Å². The fourth-order valence-corrected chi connectivity index (χ4v) is 2.39. The largest absolute Gasteiger partial charge is 0.453 e. The van der Waals surface area contributed by atoms with Crippen molar-refractivity contribution in [3.05, 3.63) is 52.4 Å². The molecule has 3 nitrogen and oxygen atoms in total. The van der Waals surface area contributed by atoms with E-state index >= 15 is 0 Å². The minimum atomic E-state index is -2.82. The van der Waals surface area contributed by atoms with E-state index in [9.17, 15) is 8.78 Å². The molecule has 0 bridgehead atoms. The number of alkyl halides is 2. The van der Waals surface area contributed by atoms with Gasteiger partial charge in [0, 0.05) is 6.04 Å². The molecule has 2 unspecified atom stereocenters. The molecule has 0 amide bonds. The molecule has 1 aromatic carbocycles. The van der Waals surface area contributed by atoms with Gasteiger partial charge in [0.2, 0.25) is 0 Å². The molecule has 2 aromatic rings. The van der Waals surface area contributed by atoms with Crippen LogP contribution in [0.1, 0.15) is 37.3 Å². The first kappa shape index (κ1) is 16.0. The van der Waals surface area contributed by atoms with Crippen molar-refractivity contribution in [2.75, 3.05) is 0 Å². The fourth-order valence-electron chi connectivity index (χ4n) is 2.07. The number of benzene rings is 1. The lowest BCUT2D eigenvalue weighted by Gasteiger charge is -2.19. The van der Waals surface area contributed by atoms with Gasteiger partial charge >= 0.3 is 6.61 Å². The number of rotatable bonds is 6. The SMILES string of the molecule is CC(NC(C)c1ccc(Br)o1)c1cccc(OC(F)F)c1. The molecule has 0 radical (unpaired) electrons. The highest BCUT2D eigenvalue weighted by atomic mass is 79.9. The van der Waals surface area contributed by atoms with Crippen LogP contribution in [0.25, 0.3) is 0 Å². The van der Waals surface area contributed by atoms with Gasteiger partial charge < -0.3 is 14.5 Å². The van der Waals surface area contributed by atoms with Crippen LogP contribution in [0.2, 0.25) is 0 Å². The predicted octanol–water partition coefficient (Wildman–Crippen LogP) is 5.06. The molecule has 2 atom stereocenters. The van der Waals surface area contributed by atoms with Gasteiger partial charge in [-0.1, -0.05) is 12.1 Å². The van der Waals surface area contributed by atoms with Crippen molar-refractivity contribution in [3.8, 4) is 5.75 Å². The summed E-state index contributed by atoms with van der Waals surface area (Å²) in [5.74, 6) is 0.957. The zero-order valence-electron chi connectivity index (χ0n) is 11.6. The first-order chi connectivity index (χ1) is 9.95. The second-order valence-corrected chi connectivity index (χ2v) is 5.48. The molecule has 0 aliphatic rings. The molecule has 0 saturated heterocycles. The molecule has 2 rings (SSSR count). The maximum atomic E-state index is 12.2. The third-order valence-electron chi connectivity index (χ3n) is 3.10. The monoisotopic (exact) mass is 359 g/mol. The highest BCUT2D eigenvalue weighted by Crippen LogP contribution is 2.25. The van der Waals surface area contributed by atoms with E-state index < -0.39 is 6.61 Å². The Morgan fingerprint density at radius 3 is 2.52 bits per heavy atom. The molecule has 0 fully saturated rings. The fraction of sp³-hybridized carbons (Fsp3) is 0.333. The zero-order chi connectivity index (χ0) is 15.4. The first-order valence-electron chi connectivity index (χ1n) is 6.51. The van der Waals surface area contributed by atoms with Crippen LogP contribution in [-0.2, 0) is 0 Å². The summed E-state index contributed by atoms with van der Waals surface area (Å²) in [5.41, 5.74) is 0.866. The summed E-state index contributed by atoms with van der Waals surface area (Å²) in [7, 11) is 0. The average Bonchev–Trinajstić information content (AvgIpc) is 2.85. The van der Waals surface area contributed by atoms with Crippen molar-refractivity contribution < 1.29 is 17.9 Å². The maximum absolute atomic E-state index is 12.2. The lowest BCUT2D eigenvalue weighted by atomic mass is 10.1. The predicted molar refractivity (Wildman–Crippen MR) is 79.4 cm³/mol. The van der Waals surface area contributed by atoms with Gasteiger partial charge in [-0.05, 0) is 59.6 Å². The van der Waals surface area contributed by atoms with Crippen molar-refractivity contribution >= 4 is 15.9 Å². The quantitative estimate of drug-likeness (QED) is 0.782. The van der Waals surface area contributed by atoms with Gasteiger partial charge in [0.1, 0.15) is 11.5 Å². The van der Waals surface area contributed by atoms with Crippen LogP contribution in [0.3, 0.4) is 0 Å². The van der Waals surface area contributed by atoms with E-state index in [2.05, 4.69) is 26.0 Å². The molecule has 1 aromatic heterocycles. The van der Waals surface area contributed by atoms with Crippen molar-refractivity contribution in [2.24, 2.45) is 0 Å². The standard InChI is InChI=1S/C15H16BrF2NO2/c1-9(19-10(2)13-6-7-14(16)21-13)11-4-3-5-12(8-11)20-15(17)18/h3-10,15,19H,1-2H3. The Hall–Kier alpha value is -1.40. The van der Waals surface area contributed by atoms with E-state index in [0.29, 0.717) is 4.67 Å². The molecule has 1 heterocycles. The summed E-state index contributed by atoms with van der Waals surface area (Å²) >= 11 is 3.26. The van der Waals surface area contributed by atoms with Gasteiger partial charge in [-0.2, -0.15) is 8.78 Å². The normalized spacial score (nSPS) is 14.2. The molecule has 0 saturated carbocycles. The Morgan fingerprint density at radius 2 is 1.90 bits per heavy atom. The van der Waals surface area contributed by atoms with Crippen LogP contribution in [0.4, 0.5) is 8.78 Å². The summed E-state index contributed by atoms with van der Waals surface area (Å²) in [5, 5.41) is 3.35. The number of hydrogen-bond acceptors (Lipinski definition) is 3. The van der Waals surface area contributed by atoms with Crippen LogP contribution >= 0.6 is 15.9 Å². The van der Waals surface area contributed by atoms with Gasteiger partial charge in [-0.25, -0.2) is 0 Å². The van der Waals surface area contributed by atoms with E-state index in [1.807, 2.05) is 32.0 Å². The third kappa shape index (κ3) is 4.54. The van der Waals surface area contributed by atoms with Gasteiger partial charge in [0.15, 0.2) is 4.67 Å². The Bertz CT molecular complexity index is 589. The molecule has 6 heteroatoms. The molecule has 21 heavy (non-hydrogen) atoms. The van der Waals surface area contributed by atoms with Crippen LogP contribution in [0.5, 0.6) is 5.75 Å². The van der Waals surface area contributed by atoms with Gasteiger partial charge in [0.05, 0.1) is 6.04 Å². The average molecular weight is 360 g/mol. The maximum Gasteiger partial charge on any atom is 0.387 e. The van der Waals surface area contributed by atoms with E-state index in [1.165, 1.54) is 6.07 Å². The smallest absolute Gasteiger partial charge is 0.387 e. The number of nitrogens with one attached hydrogen (secondary N) is 1. The molecule has 0 aliphatic carbocycles. The third-order valence-corrected chi connectivity index (χ3v) is 3.53. The van der Waals surface area contributed by atoms with E-state index in [1.54, 1.807) is 12.1 Å². The number of ether oxygens (including phenoxy) is 1. The Morgan fingerprint density at radius 1 is 1.14 bits per heavy atom. The van der Waals surface area contributed by atoms with Gasteiger partial charge in [0.25, 0.3) is 0 Å². The lowest BCUT2D eigenvalue weighted by Crippen LogP contribution is -2.22. The van der Waals surface area contributed by atoms with Crippen LogP contribution in [0.15, 0.2) is 45.5 Å².